The first-order valence-electron chi connectivity index (χ1n) is 6.13. The Bertz CT molecular complexity index is 631. The second-order valence-electron chi connectivity index (χ2n) is 5.57. The Morgan fingerprint density at radius 1 is 1.35 bits per heavy atom. The van der Waals surface area contributed by atoms with Crippen molar-refractivity contribution in [3.05, 3.63) is 40.3 Å². The largest absolute Gasteiger partial charge is 0.337 e. The molecule has 0 aliphatic heterocycles. The molecule has 2 aromatic rings. The third-order valence-electron chi connectivity index (χ3n) is 2.98. The number of rotatable bonds is 3. The van der Waals surface area contributed by atoms with E-state index in [-0.39, 0.29) is 22.8 Å². The first kappa shape index (κ1) is 14.1. The van der Waals surface area contributed by atoms with Crippen LogP contribution in [0.15, 0.2) is 28.8 Å². The number of para-hydroxylation sites is 1. The monoisotopic (exact) mass is 276 g/mol. The second-order valence-corrected chi connectivity index (χ2v) is 5.57. The Morgan fingerprint density at radius 2 is 2.00 bits per heavy atom. The van der Waals surface area contributed by atoms with Gasteiger partial charge in [-0.1, -0.05) is 38.1 Å². The molecule has 7 heteroatoms. The van der Waals surface area contributed by atoms with Crippen LogP contribution in [0.5, 0.6) is 0 Å². The first-order valence-corrected chi connectivity index (χ1v) is 6.13. The van der Waals surface area contributed by atoms with Crippen LogP contribution >= 0.6 is 0 Å². The number of nitrogens with two attached hydrogens (primary N) is 1. The quantitative estimate of drug-likeness (QED) is 0.682. The standard InChI is InChI=1S/C13H16N4O3/c1-13(2,3)10(14)12-15-11(16-20-12)8-6-4-5-7-9(8)17(18)19/h4-7,10H,14H2,1-3H3/t10-/m0/s1. The Balaban J connectivity index is 2.42. The number of benzene rings is 1. The molecule has 0 unspecified atom stereocenters. The fourth-order valence-corrected chi connectivity index (χ4v) is 1.66. The van der Waals surface area contributed by atoms with E-state index in [1.54, 1.807) is 18.2 Å². The molecule has 106 valence electrons. The number of nitro benzene ring substituents is 1. The Morgan fingerprint density at radius 3 is 2.60 bits per heavy atom. The average molecular weight is 276 g/mol. The van der Waals surface area contributed by atoms with Crippen molar-refractivity contribution in [2.24, 2.45) is 11.1 Å². The van der Waals surface area contributed by atoms with Gasteiger partial charge in [0.15, 0.2) is 0 Å². The molecule has 7 nitrogen and oxygen atoms in total. The molecule has 1 heterocycles. The fraction of sp³-hybridized carbons (Fsp3) is 0.385. The van der Waals surface area contributed by atoms with Gasteiger partial charge >= 0.3 is 0 Å². The lowest BCUT2D eigenvalue weighted by molar-refractivity contribution is -0.384. The summed E-state index contributed by atoms with van der Waals surface area (Å²) in [6.07, 6.45) is 0. The van der Waals surface area contributed by atoms with Crippen LogP contribution in [-0.4, -0.2) is 15.1 Å². The topological polar surface area (TPSA) is 108 Å². The van der Waals surface area contributed by atoms with E-state index < -0.39 is 11.0 Å². The highest BCUT2D eigenvalue weighted by atomic mass is 16.6. The fourth-order valence-electron chi connectivity index (χ4n) is 1.66. The number of hydrogen-bond donors (Lipinski definition) is 1. The van der Waals surface area contributed by atoms with E-state index in [1.165, 1.54) is 6.07 Å². The summed E-state index contributed by atoms with van der Waals surface area (Å²) in [5.41, 5.74) is 6.04. The number of nitro groups is 1. The van der Waals surface area contributed by atoms with Gasteiger partial charge < -0.3 is 10.3 Å². The van der Waals surface area contributed by atoms with Crippen molar-refractivity contribution in [3.63, 3.8) is 0 Å². The summed E-state index contributed by atoms with van der Waals surface area (Å²) >= 11 is 0. The van der Waals surface area contributed by atoms with Crippen LogP contribution in [0.1, 0.15) is 32.7 Å². The summed E-state index contributed by atoms with van der Waals surface area (Å²) in [5.74, 6) is 0.442. The molecule has 0 saturated heterocycles. The molecule has 1 aromatic heterocycles. The molecule has 1 atom stereocenters. The van der Waals surface area contributed by atoms with Crippen LogP contribution in [-0.2, 0) is 0 Å². The lowest BCUT2D eigenvalue weighted by Gasteiger charge is -2.23. The van der Waals surface area contributed by atoms with E-state index in [0.717, 1.165) is 0 Å². The van der Waals surface area contributed by atoms with Gasteiger partial charge in [0.05, 0.1) is 11.0 Å². The maximum absolute atomic E-state index is 11.0. The van der Waals surface area contributed by atoms with E-state index in [2.05, 4.69) is 10.1 Å². The van der Waals surface area contributed by atoms with Crippen molar-refractivity contribution >= 4 is 5.69 Å². The summed E-state index contributed by atoms with van der Waals surface area (Å²) in [6.45, 7) is 5.85. The van der Waals surface area contributed by atoms with Crippen molar-refractivity contribution in [1.82, 2.24) is 10.1 Å². The van der Waals surface area contributed by atoms with Gasteiger partial charge in [0.1, 0.15) is 5.56 Å². The van der Waals surface area contributed by atoms with Crippen molar-refractivity contribution in [2.45, 2.75) is 26.8 Å². The van der Waals surface area contributed by atoms with Gasteiger partial charge in [-0.25, -0.2) is 0 Å². The molecule has 0 radical (unpaired) electrons. The Kier molecular flexibility index (Phi) is 3.54. The van der Waals surface area contributed by atoms with Crippen LogP contribution in [0.2, 0.25) is 0 Å². The lowest BCUT2D eigenvalue weighted by Crippen LogP contribution is -2.26. The van der Waals surface area contributed by atoms with Gasteiger partial charge in [-0.2, -0.15) is 4.98 Å². The van der Waals surface area contributed by atoms with Crippen molar-refractivity contribution in [3.8, 4) is 11.4 Å². The molecular weight excluding hydrogens is 260 g/mol. The highest BCUT2D eigenvalue weighted by Crippen LogP contribution is 2.32. The van der Waals surface area contributed by atoms with Gasteiger partial charge in [0.2, 0.25) is 11.7 Å². The summed E-state index contributed by atoms with van der Waals surface area (Å²) in [7, 11) is 0. The molecule has 0 spiro atoms. The van der Waals surface area contributed by atoms with Crippen LogP contribution in [0.25, 0.3) is 11.4 Å². The van der Waals surface area contributed by atoms with Crippen LogP contribution in [0.3, 0.4) is 0 Å². The molecule has 2 rings (SSSR count). The molecule has 20 heavy (non-hydrogen) atoms. The number of hydrogen-bond acceptors (Lipinski definition) is 6. The summed E-state index contributed by atoms with van der Waals surface area (Å²) in [5, 5.41) is 14.8. The van der Waals surface area contributed by atoms with Crippen molar-refractivity contribution < 1.29 is 9.45 Å². The minimum Gasteiger partial charge on any atom is -0.337 e. The van der Waals surface area contributed by atoms with Gasteiger partial charge in [0.25, 0.3) is 5.69 Å². The van der Waals surface area contributed by atoms with Crippen LogP contribution in [0.4, 0.5) is 5.69 Å². The maximum atomic E-state index is 11.0. The van der Waals surface area contributed by atoms with E-state index in [1.807, 2.05) is 20.8 Å². The summed E-state index contributed by atoms with van der Waals surface area (Å²) in [4.78, 5) is 14.7. The van der Waals surface area contributed by atoms with Crippen LogP contribution < -0.4 is 5.73 Å². The minimum atomic E-state index is -0.477. The van der Waals surface area contributed by atoms with E-state index >= 15 is 0 Å². The zero-order valence-electron chi connectivity index (χ0n) is 11.5. The van der Waals surface area contributed by atoms with E-state index in [0.29, 0.717) is 5.56 Å². The predicted molar refractivity (Wildman–Crippen MR) is 72.8 cm³/mol. The van der Waals surface area contributed by atoms with Crippen LogP contribution in [0, 0.1) is 15.5 Å². The van der Waals surface area contributed by atoms with Gasteiger partial charge in [-0.15, -0.1) is 0 Å². The Hall–Kier alpha value is -2.28. The van der Waals surface area contributed by atoms with Crippen molar-refractivity contribution in [2.75, 3.05) is 0 Å². The second kappa shape index (κ2) is 5.01. The minimum absolute atomic E-state index is 0.0656. The predicted octanol–water partition coefficient (Wildman–Crippen LogP) is 2.69. The van der Waals surface area contributed by atoms with Gasteiger partial charge in [0, 0.05) is 6.07 Å². The highest BCUT2D eigenvalue weighted by Gasteiger charge is 2.28. The normalized spacial score (nSPS) is 13.2. The lowest BCUT2D eigenvalue weighted by atomic mass is 9.87. The average Bonchev–Trinajstić information content (AvgIpc) is 2.86. The van der Waals surface area contributed by atoms with E-state index in [4.69, 9.17) is 10.3 Å². The van der Waals surface area contributed by atoms with Gasteiger partial charge in [-0.3, -0.25) is 10.1 Å². The summed E-state index contributed by atoms with van der Waals surface area (Å²) < 4.78 is 5.13. The molecule has 0 amide bonds. The molecule has 0 aliphatic rings. The van der Waals surface area contributed by atoms with E-state index in [9.17, 15) is 10.1 Å². The van der Waals surface area contributed by atoms with Gasteiger partial charge in [-0.05, 0) is 11.5 Å². The molecule has 2 N–H and O–H groups in total. The summed E-state index contributed by atoms with van der Waals surface area (Å²) in [6, 6.07) is 5.81. The zero-order chi connectivity index (χ0) is 14.9. The molecule has 1 aromatic carbocycles. The molecule has 0 saturated carbocycles. The number of nitrogens with zero attached hydrogens (tertiary/aromatic N) is 3. The molecule has 0 bridgehead atoms. The van der Waals surface area contributed by atoms with Crippen molar-refractivity contribution in [1.29, 1.82) is 0 Å². The molecule has 0 aliphatic carbocycles. The third kappa shape index (κ3) is 2.67. The smallest absolute Gasteiger partial charge is 0.280 e. The number of aromatic nitrogens is 2. The third-order valence-corrected chi connectivity index (χ3v) is 2.98. The molecular formula is C13H16N4O3. The maximum Gasteiger partial charge on any atom is 0.280 e. The first-order chi connectivity index (χ1) is 9.30. The molecule has 0 fully saturated rings. The zero-order valence-corrected chi connectivity index (χ0v) is 11.5. The SMILES string of the molecule is CC(C)(C)[C@@H](N)c1nc(-c2ccccc2[N+](=O)[O-])no1. The Labute approximate surface area is 115 Å². The highest BCUT2D eigenvalue weighted by molar-refractivity contribution is 5.67.